The smallest absolute Gasteiger partial charge is 0.266 e. The molecule has 30 heavy (non-hydrogen) atoms. The number of fused-ring (bicyclic) bond motifs is 1. The lowest BCUT2D eigenvalue weighted by Crippen LogP contribution is -2.23. The molecule has 0 bridgehead atoms. The van der Waals surface area contributed by atoms with Crippen molar-refractivity contribution < 1.29 is 9.32 Å². The van der Waals surface area contributed by atoms with E-state index < -0.39 is 0 Å². The Labute approximate surface area is 177 Å². The van der Waals surface area contributed by atoms with Gasteiger partial charge in [0.25, 0.3) is 5.56 Å². The molecule has 2 aromatic carbocycles. The number of aryl methyl sites for hydroxylation is 3. The zero-order chi connectivity index (χ0) is 21.3. The van der Waals surface area contributed by atoms with Crippen LogP contribution in [-0.4, -0.2) is 26.4 Å². The molecule has 0 fully saturated rings. The molecule has 0 aliphatic carbocycles. The van der Waals surface area contributed by atoms with Gasteiger partial charge in [0.05, 0.1) is 28.0 Å². The summed E-state index contributed by atoms with van der Waals surface area (Å²) in [6, 6.07) is 14.7. The SMILES string of the molecule is Cc1cc(NC(=O)CSc2nc3ccccc3c(=O)n2-c2ccc(C)c(C)c2)on1. The molecule has 0 aliphatic heterocycles. The Balaban J connectivity index is 1.71. The highest BCUT2D eigenvalue weighted by Gasteiger charge is 2.16. The van der Waals surface area contributed by atoms with Crippen molar-refractivity contribution in [3.05, 3.63) is 75.7 Å². The molecule has 0 radical (unpaired) electrons. The fourth-order valence-corrected chi connectivity index (χ4v) is 3.84. The number of thioether (sulfide) groups is 1. The third-order valence-electron chi connectivity index (χ3n) is 4.72. The van der Waals surface area contributed by atoms with E-state index in [-0.39, 0.29) is 23.1 Å². The van der Waals surface area contributed by atoms with E-state index in [2.05, 4.69) is 15.5 Å². The summed E-state index contributed by atoms with van der Waals surface area (Å²) in [6.45, 7) is 5.79. The molecule has 2 aromatic heterocycles. The van der Waals surface area contributed by atoms with Gasteiger partial charge < -0.3 is 4.52 Å². The van der Waals surface area contributed by atoms with Crippen LogP contribution < -0.4 is 10.9 Å². The number of nitrogens with one attached hydrogen (secondary N) is 1. The number of para-hydroxylation sites is 1. The Bertz CT molecular complexity index is 1310. The van der Waals surface area contributed by atoms with Gasteiger partial charge in [-0.2, -0.15) is 0 Å². The molecule has 1 N–H and O–H groups in total. The highest BCUT2D eigenvalue weighted by Crippen LogP contribution is 2.23. The monoisotopic (exact) mass is 420 g/mol. The molecule has 0 spiro atoms. The van der Waals surface area contributed by atoms with Gasteiger partial charge in [-0.1, -0.05) is 35.1 Å². The second kappa shape index (κ2) is 8.16. The van der Waals surface area contributed by atoms with Gasteiger partial charge in [-0.15, -0.1) is 0 Å². The molecule has 8 heteroatoms. The average Bonchev–Trinajstić information content (AvgIpc) is 3.13. The molecule has 4 rings (SSSR count). The number of nitrogens with zero attached hydrogens (tertiary/aromatic N) is 3. The van der Waals surface area contributed by atoms with E-state index in [1.807, 2.05) is 44.2 Å². The zero-order valence-electron chi connectivity index (χ0n) is 16.8. The number of hydrogen-bond donors (Lipinski definition) is 1. The van der Waals surface area contributed by atoms with E-state index in [0.29, 0.717) is 21.8 Å². The van der Waals surface area contributed by atoms with Crippen molar-refractivity contribution in [2.24, 2.45) is 0 Å². The summed E-state index contributed by atoms with van der Waals surface area (Å²) in [7, 11) is 0. The lowest BCUT2D eigenvalue weighted by Gasteiger charge is -2.14. The van der Waals surface area contributed by atoms with Crippen LogP contribution in [0.2, 0.25) is 0 Å². The molecule has 0 unspecified atom stereocenters. The van der Waals surface area contributed by atoms with E-state index in [1.54, 1.807) is 29.7 Å². The van der Waals surface area contributed by atoms with Gasteiger partial charge in [0.2, 0.25) is 11.8 Å². The number of benzene rings is 2. The molecule has 2 heterocycles. The lowest BCUT2D eigenvalue weighted by molar-refractivity contribution is -0.113. The minimum Gasteiger partial charge on any atom is -0.338 e. The third kappa shape index (κ3) is 3.99. The van der Waals surface area contributed by atoms with E-state index in [0.717, 1.165) is 16.8 Å². The zero-order valence-corrected chi connectivity index (χ0v) is 17.6. The second-order valence-electron chi connectivity index (χ2n) is 6.99. The number of amides is 1. The van der Waals surface area contributed by atoms with E-state index in [1.165, 1.54) is 11.8 Å². The normalized spacial score (nSPS) is 11.0. The van der Waals surface area contributed by atoms with Gasteiger partial charge >= 0.3 is 0 Å². The van der Waals surface area contributed by atoms with Gasteiger partial charge in [-0.3, -0.25) is 19.5 Å². The molecule has 0 saturated carbocycles. The maximum atomic E-state index is 13.3. The van der Waals surface area contributed by atoms with Crippen LogP contribution in [0.5, 0.6) is 0 Å². The van der Waals surface area contributed by atoms with Crippen LogP contribution in [0.1, 0.15) is 16.8 Å². The van der Waals surface area contributed by atoms with Gasteiger partial charge in [0, 0.05) is 6.07 Å². The molecule has 0 aliphatic rings. The van der Waals surface area contributed by atoms with E-state index >= 15 is 0 Å². The Morgan fingerprint density at radius 3 is 2.63 bits per heavy atom. The summed E-state index contributed by atoms with van der Waals surface area (Å²) in [5, 5.41) is 7.38. The Hall–Kier alpha value is -3.39. The lowest BCUT2D eigenvalue weighted by atomic mass is 10.1. The molecule has 0 atom stereocenters. The molecule has 0 saturated heterocycles. The van der Waals surface area contributed by atoms with Crippen LogP contribution in [-0.2, 0) is 4.79 Å². The number of hydrogen-bond acceptors (Lipinski definition) is 6. The fraction of sp³-hybridized carbons (Fsp3) is 0.182. The van der Waals surface area contributed by atoms with Crippen LogP contribution in [0, 0.1) is 20.8 Å². The van der Waals surface area contributed by atoms with Crippen molar-refractivity contribution in [3.8, 4) is 5.69 Å². The standard InChI is InChI=1S/C22H20N4O3S/c1-13-8-9-16(10-14(13)2)26-21(28)17-6-4-5-7-18(17)23-22(26)30-12-19(27)24-20-11-15(3)25-29-20/h4-11H,12H2,1-3H3,(H,24,27). The maximum absolute atomic E-state index is 13.3. The molecular weight excluding hydrogens is 400 g/mol. The quantitative estimate of drug-likeness (QED) is 0.387. The third-order valence-corrected chi connectivity index (χ3v) is 5.66. The maximum Gasteiger partial charge on any atom is 0.266 e. The van der Waals surface area contributed by atoms with Gasteiger partial charge in [0.1, 0.15) is 0 Å². The number of carbonyl (C=O) groups excluding carboxylic acids is 1. The van der Waals surface area contributed by atoms with Crippen molar-refractivity contribution in [3.63, 3.8) is 0 Å². The van der Waals surface area contributed by atoms with E-state index in [4.69, 9.17) is 4.52 Å². The van der Waals surface area contributed by atoms with Gasteiger partial charge in [0.15, 0.2) is 5.16 Å². The van der Waals surface area contributed by atoms with Gasteiger partial charge in [-0.05, 0) is 56.2 Å². The fourth-order valence-electron chi connectivity index (χ4n) is 3.03. The predicted octanol–water partition coefficient (Wildman–Crippen LogP) is 4.03. The molecular formula is C22H20N4O3S. The predicted molar refractivity (Wildman–Crippen MR) is 117 cm³/mol. The van der Waals surface area contributed by atoms with Crippen LogP contribution in [0.25, 0.3) is 16.6 Å². The van der Waals surface area contributed by atoms with Crippen LogP contribution in [0.15, 0.2) is 63.0 Å². The summed E-state index contributed by atoms with van der Waals surface area (Å²) >= 11 is 1.19. The number of carbonyl (C=O) groups is 1. The summed E-state index contributed by atoms with van der Waals surface area (Å²) < 4.78 is 6.58. The first-order valence-corrected chi connectivity index (χ1v) is 10.4. The summed E-state index contributed by atoms with van der Waals surface area (Å²) in [6.07, 6.45) is 0. The van der Waals surface area contributed by atoms with Crippen LogP contribution in [0.4, 0.5) is 5.88 Å². The Morgan fingerprint density at radius 1 is 1.10 bits per heavy atom. The molecule has 152 valence electrons. The van der Waals surface area contributed by atoms with Crippen LogP contribution in [0.3, 0.4) is 0 Å². The average molecular weight is 420 g/mol. The van der Waals surface area contributed by atoms with Crippen molar-refractivity contribution in [2.45, 2.75) is 25.9 Å². The van der Waals surface area contributed by atoms with Gasteiger partial charge in [-0.25, -0.2) is 4.98 Å². The largest absolute Gasteiger partial charge is 0.338 e. The molecule has 7 nitrogen and oxygen atoms in total. The molecule has 1 amide bonds. The first-order valence-electron chi connectivity index (χ1n) is 9.38. The second-order valence-corrected chi connectivity index (χ2v) is 7.93. The Kier molecular flexibility index (Phi) is 5.41. The van der Waals surface area contributed by atoms with Crippen molar-refractivity contribution in [1.82, 2.24) is 14.7 Å². The summed E-state index contributed by atoms with van der Waals surface area (Å²) in [5.41, 5.74) is 4.03. The van der Waals surface area contributed by atoms with Crippen LogP contribution >= 0.6 is 11.8 Å². The number of aromatic nitrogens is 3. The highest BCUT2D eigenvalue weighted by molar-refractivity contribution is 7.99. The first-order chi connectivity index (χ1) is 14.4. The minimum atomic E-state index is -0.273. The number of anilines is 1. The summed E-state index contributed by atoms with van der Waals surface area (Å²) in [5.74, 6) is 0.0800. The Morgan fingerprint density at radius 2 is 1.90 bits per heavy atom. The minimum absolute atomic E-state index is 0.0649. The highest BCUT2D eigenvalue weighted by atomic mass is 32.2. The number of rotatable bonds is 5. The first kappa shape index (κ1) is 19.9. The molecule has 4 aromatic rings. The van der Waals surface area contributed by atoms with Crippen molar-refractivity contribution in [2.75, 3.05) is 11.1 Å². The van der Waals surface area contributed by atoms with Crippen molar-refractivity contribution >= 4 is 34.5 Å². The van der Waals surface area contributed by atoms with E-state index in [9.17, 15) is 9.59 Å². The topological polar surface area (TPSA) is 90.0 Å². The van der Waals surface area contributed by atoms with Crippen molar-refractivity contribution in [1.29, 1.82) is 0 Å². The summed E-state index contributed by atoms with van der Waals surface area (Å²) in [4.78, 5) is 30.3.